The van der Waals surface area contributed by atoms with Crippen molar-refractivity contribution in [3.8, 4) is 0 Å². The van der Waals surface area contributed by atoms with E-state index >= 15 is 0 Å². The third-order valence-corrected chi connectivity index (χ3v) is 4.64. The molecule has 0 spiro atoms. The third-order valence-electron chi connectivity index (χ3n) is 2.98. The van der Waals surface area contributed by atoms with Gasteiger partial charge < -0.3 is 5.32 Å². The highest BCUT2D eigenvalue weighted by Crippen LogP contribution is 2.32. The van der Waals surface area contributed by atoms with Gasteiger partial charge in [0.05, 0.1) is 0 Å². The molecule has 1 nitrogen and oxygen atoms in total. The molecule has 2 rings (SSSR count). The molecule has 0 fully saturated rings. The molecule has 1 N–H and O–H groups in total. The lowest BCUT2D eigenvalue weighted by molar-refractivity contribution is 0.588. The van der Waals surface area contributed by atoms with Crippen LogP contribution in [0.4, 0.5) is 0 Å². The van der Waals surface area contributed by atoms with Crippen LogP contribution in [-0.4, -0.2) is 6.04 Å². The lowest BCUT2D eigenvalue weighted by Crippen LogP contribution is -2.21. The molecule has 3 heteroatoms. The molecule has 0 radical (unpaired) electrons. The summed E-state index contributed by atoms with van der Waals surface area (Å²) < 4.78 is 1.12. The molecule has 0 unspecified atom stereocenters. The van der Waals surface area contributed by atoms with Gasteiger partial charge in [0.1, 0.15) is 0 Å². The van der Waals surface area contributed by atoms with E-state index < -0.39 is 0 Å². The first kappa shape index (κ1) is 15.6. The van der Waals surface area contributed by atoms with Gasteiger partial charge >= 0.3 is 0 Å². The number of halogens is 1. The lowest BCUT2D eigenvalue weighted by Gasteiger charge is -2.11. The number of nitrogens with one attached hydrogen (secondary N) is 1. The molecule has 0 saturated carbocycles. The molecule has 0 aromatic heterocycles. The van der Waals surface area contributed by atoms with Crippen LogP contribution >= 0.6 is 27.7 Å². The van der Waals surface area contributed by atoms with Crippen molar-refractivity contribution < 1.29 is 0 Å². The molecule has 0 aliphatic rings. The summed E-state index contributed by atoms with van der Waals surface area (Å²) in [6.07, 6.45) is 0. The molecule has 0 atom stereocenters. The Bertz CT molecular complexity index is 581. The van der Waals surface area contributed by atoms with Crippen molar-refractivity contribution in [1.29, 1.82) is 0 Å². The summed E-state index contributed by atoms with van der Waals surface area (Å²) in [6, 6.07) is 15.6. The van der Waals surface area contributed by atoms with E-state index in [-0.39, 0.29) is 0 Å². The summed E-state index contributed by atoms with van der Waals surface area (Å²) in [5, 5.41) is 3.45. The molecule has 0 aliphatic heterocycles. The largest absolute Gasteiger partial charge is 0.310 e. The zero-order valence-corrected chi connectivity index (χ0v) is 14.5. The maximum Gasteiger partial charge on any atom is 0.0207 e. The normalized spacial score (nSPS) is 11.1. The second-order valence-corrected chi connectivity index (χ2v) is 7.23. The first-order chi connectivity index (χ1) is 9.54. The van der Waals surface area contributed by atoms with Crippen LogP contribution in [0.25, 0.3) is 0 Å². The second kappa shape index (κ2) is 7.30. The summed E-state index contributed by atoms with van der Waals surface area (Å²) in [6.45, 7) is 7.45. The molecule has 0 aliphatic carbocycles. The first-order valence-electron chi connectivity index (χ1n) is 6.81. The topological polar surface area (TPSA) is 12.0 Å². The van der Waals surface area contributed by atoms with Crippen LogP contribution in [0.1, 0.15) is 25.0 Å². The monoisotopic (exact) mass is 349 g/mol. The Morgan fingerprint density at radius 3 is 2.60 bits per heavy atom. The van der Waals surface area contributed by atoms with Crippen molar-refractivity contribution in [2.45, 2.75) is 43.1 Å². The number of rotatable bonds is 5. The van der Waals surface area contributed by atoms with E-state index in [2.05, 4.69) is 84.5 Å². The van der Waals surface area contributed by atoms with E-state index in [1.165, 1.54) is 20.9 Å². The molecule has 0 bridgehead atoms. The molecular weight excluding hydrogens is 330 g/mol. The molecule has 2 aromatic rings. The molecule has 2 aromatic carbocycles. The van der Waals surface area contributed by atoms with Crippen molar-refractivity contribution >= 4 is 27.7 Å². The highest BCUT2D eigenvalue weighted by Gasteiger charge is 2.04. The second-order valence-electron chi connectivity index (χ2n) is 5.19. The Balaban J connectivity index is 2.09. The fourth-order valence-electron chi connectivity index (χ4n) is 1.92. The molecule has 106 valence electrons. The van der Waals surface area contributed by atoms with Crippen molar-refractivity contribution in [2.24, 2.45) is 0 Å². The van der Waals surface area contributed by atoms with Crippen LogP contribution in [0.3, 0.4) is 0 Å². The fraction of sp³-hybridized carbons (Fsp3) is 0.294. The Hall–Kier alpha value is -0.770. The summed E-state index contributed by atoms with van der Waals surface area (Å²) in [7, 11) is 0. The summed E-state index contributed by atoms with van der Waals surface area (Å²) in [5.41, 5.74) is 2.67. The SMILES string of the molecule is Cc1cc(CNC(C)C)ccc1Sc1cccc(Br)c1. The molecule has 0 saturated heterocycles. The van der Waals surface area contributed by atoms with Gasteiger partial charge in [-0.15, -0.1) is 0 Å². The predicted molar refractivity (Wildman–Crippen MR) is 91.4 cm³/mol. The average Bonchev–Trinajstić information content (AvgIpc) is 2.39. The van der Waals surface area contributed by atoms with E-state index in [1.54, 1.807) is 0 Å². The van der Waals surface area contributed by atoms with Gasteiger partial charge in [-0.05, 0) is 42.3 Å². The number of aryl methyl sites for hydroxylation is 1. The van der Waals surface area contributed by atoms with E-state index in [0.717, 1.165) is 11.0 Å². The zero-order chi connectivity index (χ0) is 14.5. The van der Waals surface area contributed by atoms with Crippen LogP contribution in [-0.2, 0) is 6.54 Å². The van der Waals surface area contributed by atoms with E-state index in [0.29, 0.717) is 6.04 Å². The van der Waals surface area contributed by atoms with Crippen molar-refractivity contribution in [1.82, 2.24) is 5.32 Å². The number of benzene rings is 2. The van der Waals surface area contributed by atoms with Crippen LogP contribution < -0.4 is 5.32 Å². The van der Waals surface area contributed by atoms with Crippen LogP contribution in [0.15, 0.2) is 56.7 Å². The predicted octanol–water partition coefficient (Wildman–Crippen LogP) is 5.41. The number of hydrogen-bond donors (Lipinski definition) is 1. The minimum Gasteiger partial charge on any atom is -0.310 e. The van der Waals surface area contributed by atoms with Gasteiger partial charge in [0, 0.05) is 26.9 Å². The molecule has 0 heterocycles. The minimum atomic E-state index is 0.519. The van der Waals surface area contributed by atoms with E-state index in [9.17, 15) is 0 Å². The highest BCUT2D eigenvalue weighted by atomic mass is 79.9. The van der Waals surface area contributed by atoms with E-state index in [1.807, 2.05) is 11.8 Å². The summed E-state index contributed by atoms with van der Waals surface area (Å²) >= 11 is 5.33. The summed E-state index contributed by atoms with van der Waals surface area (Å²) in [5.74, 6) is 0. The third kappa shape index (κ3) is 4.65. The maximum atomic E-state index is 3.52. The van der Waals surface area contributed by atoms with Gasteiger partial charge in [0.15, 0.2) is 0 Å². The number of hydrogen-bond acceptors (Lipinski definition) is 2. The lowest BCUT2D eigenvalue weighted by atomic mass is 10.1. The van der Waals surface area contributed by atoms with Gasteiger partial charge in [-0.2, -0.15) is 0 Å². The van der Waals surface area contributed by atoms with Crippen molar-refractivity contribution in [2.75, 3.05) is 0 Å². The standard InChI is InChI=1S/C17H20BrNS/c1-12(2)19-11-14-7-8-17(13(3)9-14)20-16-6-4-5-15(18)10-16/h4-10,12,19H,11H2,1-3H3. The van der Waals surface area contributed by atoms with Crippen molar-refractivity contribution in [3.05, 3.63) is 58.1 Å². The Morgan fingerprint density at radius 2 is 1.95 bits per heavy atom. The smallest absolute Gasteiger partial charge is 0.0207 e. The highest BCUT2D eigenvalue weighted by molar-refractivity contribution is 9.10. The van der Waals surface area contributed by atoms with Crippen LogP contribution in [0.2, 0.25) is 0 Å². The average molecular weight is 350 g/mol. The van der Waals surface area contributed by atoms with Gasteiger partial charge in [-0.3, -0.25) is 0 Å². The fourth-order valence-corrected chi connectivity index (χ4v) is 3.41. The first-order valence-corrected chi connectivity index (χ1v) is 8.42. The van der Waals surface area contributed by atoms with Gasteiger partial charge in [0.2, 0.25) is 0 Å². The van der Waals surface area contributed by atoms with Crippen molar-refractivity contribution in [3.63, 3.8) is 0 Å². The molecule has 20 heavy (non-hydrogen) atoms. The summed E-state index contributed by atoms with van der Waals surface area (Å²) in [4.78, 5) is 2.58. The molecule has 0 amide bonds. The maximum absolute atomic E-state index is 3.52. The van der Waals surface area contributed by atoms with Gasteiger partial charge in [-0.25, -0.2) is 0 Å². The Morgan fingerprint density at radius 1 is 1.15 bits per heavy atom. The van der Waals surface area contributed by atoms with Crippen LogP contribution in [0.5, 0.6) is 0 Å². The zero-order valence-electron chi connectivity index (χ0n) is 12.1. The van der Waals surface area contributed by atoms with Gasteiger partial charge in [-0.1, -0.05) is 59.7 Å². The Kier molecular flexibility index (Phi) is 5.70. The van der Waals surface area contributed by atoms with Gasteiger partial charge in [0.25, 0.3) is 0 Å². The van der Waals surface area contributed by atoms with Crippen LogP contribution in [0, 0.1) is 6.92 Å². The minimum absolute atomic E-state index is 0.519. The van der Waals surface area contributed by atoms with E-state index in [4.69, 9.17) is 0 Å². The Labute approximate surface area is 134 Å². The quantitative estimate of drug-likeness (QED) is 0.774. The molecular formula is C17H20BrNS.